The molecule has 15 heavy (non-hydrogen) atoms. The highest BCUT2D eigenvalue weighted by molar-refractivity contribution is 6.17. The van der Waals surface area contributed by atoms with Gasteiger partial charge in [-0.25, -0.2) is 0 Å². The second-order valence-corrected chi connectivity index (χ2v) is 3.37. The van der Waals surface area contributed by atoms with Crippen molar-refractivity contribution in [3.63, 3.8) is 0 Å². The van der Waals surface area contributed by atoms with Crippen LogP contribution >= 0.6 is 11.6 Å². The summed E-state index contributed by atoms with van der Waals surface area (Å²) < 4.78 is 5.07. The molecule has 1 rings (SSSR count). The second-order valence-electron chi connectivity index (χ2n) is 2.99. The minimum atomic E-state index is 0.760. The van der Waals surface area contributed by atoms with Crippen molar-refractivity contribution in [1.82, 2.24) is 0 Å². The maximum Gasteiger partial charge on any atom is 0.118 e. The standard InChI is InChI=1S/C11H15ClO.C2H6/c1-13-11-7-5-10(6-8-11)4-2-3-9-12;1-2/h5-8H,2-4,9H2,1H3;1-2H3. The van der Waals surface area contributed by atoms with Crippen LogP contribution in [-0.2, 0) is 6.42 Å². The van der Waals surface area contributed by atoms with Crippen molar-refractivity contribution in [3.8, 4) is 5.75 Å². The summed E-state index contributed by atoms with van der Waals surface area (Å²) in [4.78, 5) is 0. The number of methoxy groups -OCH3 is 1. The van der Waals surface area contributed by atoms with Crippen LogP contribution in [0.25, 0.3) is 0 Å². The van der Waals surface area contributed by atoms with E-state index in [0.29, 0.717) is 0 Å². The van der Waals surface area contributed by atoms with E-state index in [9.17, 15) is 0 Å². The van der Waals surface area contributed by atoms with Crippen molar-refractivity contribution in [3.05, 3.63) is 29.8 Å². The van der Waals surface area contributed by atoms with Crippen LogP contribution in [0.4, 0.5) is 0 Å². The van der Waals surface area contributed by atoms with E-state index in [-0.39, 0.29) is 0 Å². The van der Waals surface area contributed by atoms with Crippen molar-refractivity contribution in [2.24, 2.45) is 0 Å². The van der Waals surface area contributed by atoms with E-state index in [0.717, 1.165) is 30.9 Å². The third-order valence-electron chi connectivity index (χ3n) is 2.01. The van der Waals surface area contributed by atoms with Gasteiger partial charge in [-0.15, -0.1) is 11.6 Å². The number of aryl methyl sites for hydroxylation is 1. The number of alkyl halides is 1. The van der Waals surface area contributed by atoms with Gasteiger partial charge in [0, 0.05) is 5.88 Å². The van der Waals surface area contributed by atoms with Crippen LogP contribution in [0.1, 0.15) is 32.3 Å². The molecule has 0 radical (unpaired) electrons. The van der Waals surface area contributed by atoms with Crippen molar-refractivity contribution in [1.29, 1.82) is 0 Å². The Balaban J connectivity index is 0.000000921. The molecule has 1 aromatic carbocycles. The Morgan fingerprint density at radius 1 is 1.07 bits per heavy atom. The first-order valence-electron chi connectivity index (χ1n) is 5.55. The molecule has 0 fully saturated rings. The van der Waals surface area contributed by atoms with Crippen LogP contribution < -0.4 is 4.74 Å². The van der Waals surface area contributed by atoms with Crippen molar-refractivity contribution in [2.75, 3.05) is 13.0 Å². The lowest BCUT2D eigenvalue weighted by molar-refractivity contribution is 0.414. The predicted octanol–water partition coefficient (Wildman–Crippen LogP) is 4.28. The first kappa shape index (κ1) is 14.3. The van der Waals surface area contributed by atoms with Crippen LogP contribution in [-0.4, -0.2) is 13.0 Å². The van der Waals surface area contributed by atoms with Gasteiger partial charge >= 0.3 is 0 Å². The third-order valence-corrected chi connectivity index (χ3v) is 2.28. The zero-order valence-corrected chi connectivity index (χ0v) is 10.7. The quantitative estimate of drug-likeness (QED) is 0.540. The normalized spacial score (nSPS) is 9.07. The highest BCUT2D eigenvalue weighted by Crippen LogP contribution is 2.13. The minimum Gasteiger partial charge on any atom is -0.497 e. The Hall–Kier alpha value is -0.690. The molecule has 0 N–H and O–H groups in total. The zero-order valence-electron chi connectivity index (χ0n) is 9.92. The minimum absolute atomic E-state index is 0.760. The molecule has 86 valence electrons. The molecule has 0 aromatic heterocycles. The van der Waals surface area contributed by atoms with E-state index >= 15 is 0 Å². The molecule has 0 amide bonds. The average molecular weight is 229 g/mol. The van der Waals surface area contributed by atoms with Crippen LogP contribution in [0.15, 0.2) is 24.3 Å². The summed E-state index contributed by atoms with van der Waals surface area (Å²) in [6.45, 7) is 4.00. The summed E-state index contributed by atoms with van der Waals surface area (Å²) in [5.41, 5.74) is 1.35. The van der Waals surface area contributed by atoms with Crippen molar-refractivity contribution >= 4 is 11.6 Å². The molecule has 0 heterocycles. The van der Waals surface area contributed by atoms with Gasteiger partial charge in [0.25, 0.3) is 0 Å². The SMILES string of the molecule is CC.COc1ccc(CCCCCl)cc1. The largest absolute Gasteiger partial charge is 0.497 e. The lowest BCUT2D eigenvalue weighted by Crippen LogP contribution is -1.87. The van der Waals surface area contributed by atoms with E-state index in [1.807, 2.05) is 26.0 Å². The fraction of sp³-hybridized carbons (Fsp3) is 0.538. The Morgan fingerprint density at radius 2 is 1.67 bits per heavy atom. The number of rotatable bonds is 5. The molecule has 2 heteroatoms. The molecule has 0 saturated heterocycles. The Labute approximate surface area is 98.4 Å². The monoisotopic (exact) mass is 228 g/mol. The Bertz CT molecular complexity index is 231. The number of benzene rings is 1. The van der Waals surface area contributed by atoms with E-state index < -0.39 is 0 Å². The molecule has 0 atom stereocenters. The van der Waals surface area contributed by atoms with Gasteiger partial charge in [0.05, 0.1) is 7.11 Å². The van der Waals surface area contributed by atoms with Gasteiger partial charge in [-0.1, -0.05) is 26.0 Å². The summed E-state index contributed by atoms with van der Waals surface area (Å²) in [5.74, 6) is 1.68. The molecule has 0 spiro atoms. The summed E-state index contributed by atoms with van der Waals surface area (Å²) in [6.07, 6.45) is 3.36. The molecule has 0 aliphatic carbocycles. The summed E-state index contributed by atoms with van der Waals surface area (Å²) in [6, 6.07) is 8.20. The van der Waals surface area contributed by atoms with E-state index in [1.165, 1.54) is 5.56 Å². The average Bonchev–Trinajstić information content (AvgIpc) is 2.33. The van der Waals surface area contributed by atoms with E-state index in [2.05, 4.69) is 12.1 Å². The Morgan fingerprint density at radius 3 is 2.13 bits per heavy atom. The van der Waals surface area contributed by atoms with E-state index in [4.69, 9.17) is 16.3 Å². The van der Waals surface area contributed by atoms with Gasteiger partial charge in [-0.3, -0.25) is 0 Å². The molecule has 0 aliphatic rings. The maximum atomic E-state index is 5.60. The summed E-state index contributed by atoms with van der Waals surface area (Å²) in [7, 11) is 1.68. The number of unbranched alkanes of at least 4 members (excludes halogenated alkanes) is 1. The van der Waals surface area contributed by atoms with Crippen LogP contribution in [0.2, 0.25) is 0 Å². The van der Waals surface area contributed by atoms with Crippen LogP contribution in [0.5, 0.6) is 5.75 Å². The molecule has 0 bridgehead atoms. The van der Waals surface area contributed by atoms with Crippen LogP contribution in [0.3, 0.4) is 0 Å². The van der Waals surface area contributed by atoms with Crippen LogP contribution in [0, 0.1) is 0 Å². The molecule has 0 saturated carbocycles. The number of hydrogen-bond acceptors (Lipinski definition) is 1. The Kier molecular flexibility index (Phi) is 9.40. The van der Waals surface area contributed by atoms with Crippen molar-refractivity contribution < 1.29 is 4.74 Å². The maximum absolute atomic E-state index is 5.60. The van der Waals surface area contributed by atoms with Gasteiger partial charge < -0.3 is 4.74 Å². The lowest BCUT2D eigenvalue weighted by Gasteiger charge is -2.02. The first-order chi connectivity index (χ1) is 7.36. The second kappa shape index (κ2) is 9.85. The number of ether oxygens (including phenoxy) is 1. The fourth-order valence-electron chi connectivity index (χ4n) is 1.22. The van der Waals surface area contributed by atoms with Gasteiger partial charge in [0.15, 0.2) is 0 Å². The van der Waals surface area contributed by atoms with Gasteiger partial charge in [-0.05, 0) is 37.0 Å². The van der Waals surface area contributed by atoms with E-state index in [1.54, 1.807) is 7.11 Å². The molecule has 1 aromatic rings. The molecule has 1 nitrogen and oxygen atoms in total. The number of hydrogen-bond donors (Lipinski definition) is 0. The predicted molar refractivity (Wildman–Crippen MR) is 68.0 cm³/mol. The molecular weight excluding hydrogens is 208 g/mol. The topological polar surface area (TPSA) is 9.23 Å². The van der Waals surface area contributed by atoms with Gasteiger partial charge in [0.2, 0.25) is 0 Å². The van der Waals surface area contributed by atoms with Gasteiger partial charge in [0.1, 0.15) is 5.75 Å². The lowest BCUT2D eigenvalue weighted by atomic mass is 10.1. The molecular formula is C13H21ClO. The highest BCUT2D eigenvalue weighted by Gasteiger charge is 1.94. The van der Waals surface area contributed by atoms with Crippen molar-refractivity contribution in [2.45, 2.75) is 33.1 Å². The summed E-state index contributed by atoms with van der Waals surface area (Å²) >= 11 is 5.60. The third kappa shape index (κ3) is 6.40. The number of halogens is 1. The molecule has 0 aliphatic heterocycles. The first-order valence-corrected chi connectivity index (χ1v) is 6.09. The zero-order chi connectivity index (χ0) is 11.5. The smallest absolute Gasteiger partial charge is 0.118 e. The van der Waals surface area contributed by atoms with Gasteiger partial charge in [-0.2, -0.15) is 0 Å². The fourth-order valence-corrected chi connectivity index (χ4v) is 1.40. The highest BCUT2D eigenvalue weighted by atomic mass is 35.5. The molecule has 0 unspecified atom stereocenters. The summed E-state index contributed by atoms with van der Waals surface area (Å²) in [5, 5.41) is 0.